The summed E-state index contributed by atoms with van der Waals surface area (Å²) >= 11 is 1.66. The van der Waals surface area contributed by atoms with Gasteiger partial charge in [0.05, 0.1) is 17.0 Å². The summed E-state index contributed by atoms with van der Waals surface area (Å²) in [6, 6.07) is 13.2. The third kappa shape index (κ3) is 3.66. The van der Waals surface area contributed by atoms with Gasteiger partial charge in [0.1, 0.15) is 5.58 Å². The molecule has 1 amide bonds. The number of nitrogens with zero attached hydrogens (tertiary/aromatic N) is 2. The largest absolute Gasteiger partial charge is 0.450 e. The van der Waals surface area contributed by atoms with E-state index in [0.29, 0.717) is 23.1 Å². The van der Waals surface area contributed by atoms with Crippen LogP contribution in [0.15, 0.2) is 56.6 Å². The molecule has 1 atom stereocenters. The number of aryl methyl sites for hydroxylation is 1. The van der Waals surface area contributed by atoms with Crippen molar-refractivity contribution in [2.45, 2.75) is 24.3 Å². The van der Waals surface area contributed by atoms with Gasteiger partial charge in [0.15, 0.2) is 5.43 Å². The SMILES string of the molecule is CSc1ccc(C2c3c(oc4ccc(C)cc4c3=O)C(=O)N2CCCN(C)C)cc1. The molecule has 5 nitrogen and oxygen atoms in total. The Morgan fingerprint density at radius 2 is 1.83 bits per heavy atom. The van der Waals surface area contributed by atoms with Crippen LogP contribution in [0.25, 0.3) is 11.0 Å². The Morgan fingerprint density at radius 3 is 2.50 bits per heavy atom. The number of rotatable bonds is 6. The van der Waals surface area contributed by atoms with E-state index in [1.165, 1.54) is 0 Å². The van der Waals surface area contributed by atoms with Crippen molar-refractivity contribution in [3.05, 3.63) is 75.1 Å². The average Bonchev–Trinajstić information content (AvgIpc) is 3.01. The third-order valence-corrected chi connectivity index (χ3v) is 6.30. The minimum absolute atomic E-state index is 0.114. The van der Waals surface area contributed by atoms with Crippen LogP contribution in [0.5, 0.6) is 0 Å². The highest BCUT2D eigenvalue weighted by Gasteiger charge is 2.42. The van der Waals surface area contributed by atoms with E-state index in [-0.39, 0.29) is 17.1 Å². The summed E-state index contributed by atoms with van der Waals surface area (Å²) in [5.41, 5.74) is 2.73. The Bertz CT molecular complexity index is 1150. The first-order valence-electron chi connectivity index (χ1n) is 10.1. The lowest BCUT2D eigenvalue weighted by Gasteiger charge is -2.26. The van der Waals surface area contributed by atoms with Gasteiger partial charge in [-0.15, -0.1) is 11.8 Å². The van der Waals surface area contributed by atoms with Crippen molar-refractivity contribution in [2.24, 2.45) is 0 Å². The maximum atomic E-state index is 13.5. The Kier molecular flexibility index (Phi) is 5.71. The Morgan fingerprint density at radius 1 is 1.10 bits per heavy atom. The normalized spacial score (nSPS) is 16.0. The molecule has 0 fully saturated rings. The van der Waals surface area contributed by atoms with E-state index >= 15 is 0 Å². The molecule has 0 bridgehead atoms. The van der Waals surface area contributed by atoms with Crippen LogP contribution in [0.2, 0.25) is 0 Å². The summed E-state index contributed by atoms with van der Waals surface area (Å²) in [5.74, 6) is -0.0255. The average molecular weight is 423 g/mol. The summed E-state index contributed by atoms with van der Waals surface area (Å²) in [7, 11) is 4.03. The predicted octanol–water partition coefficient (Wildman–Crippen LogP) is 4.32. The molecule has 0 radical (unpaired) electrons. The fourth-order valence-corrected chi connectivity index (χ4v) is 4.46. The highest BCUT2D eigenvalue weighted by molar-refractivity contribution is 7.98. The van der Waals surface area contributed by atoms with E-state index in [4.69, 9.17) is 4.42 Å². The predicted molar refractivity (Wildman–Crippen MR) is 121 cm³/mol. The van der Waals surface area contributed by atoms with Gasteiger partial charge >= 0.3 is 0 Å². The second-order valence-corrected chi connectivity index (χ2v) is 8.88. The molecule has 4 rings (SSSR count). The highest BCUT2D eigenvalue weighted by atomic mass is 32.2. The number of carbonyl (C=O) groups is 1. The molecule has 30 heavy (non-hydrogen) atoms. The van der Waals surface area contributed by atoms with E-state index in [1.54, 1.807) is 22.7 Å². The minimum Gasteiger partial charge on any atom is -0.450 e. The van der Waals surface area contributed by atoms with E-state index in [9.17, 15) is 9.59 Å². The zero-order chi connectivity index (χ0) is 21.4. The van der Waals surface area contributed by atoms with Crippen LogP contribution in [-0.4, -0.2) is 49.1 Å². The summed E-state index contributed by atoms with van der Waals surface area (Å²) in [6.45, 7) is 3.37. The van der Waals surface area contributed by atoms with Crippen molar-refractivity contribution in [1.82, 2.24) is 9.80 Å². The van der Waals surface area contributed by atoms with E-state index < -0.39 is 6.04 Å². The van der Waals surface area contributed by atoms with Crippen LogP contribution in [0, 0.1) is 6.92 Å². The highest BCUT2D eigenvalue weighted by Crippen LogP contribution is 2.38. The van der Waals surface area contributed by atoms with Crippen molar-refractivity contribution in [1.29, 1.82) is 0 Å². The molecule has 1 aromatic heterocycles. The van der Waals surface area contributed by atoms with Crippen LogP contribution in [0.1, 0.15) is 39.7 Å². The van der Waals surface area contributed by atoms with E-state index in [0.717, 1.165) is 29.0 Å². The molecule has 0 N–H and O–H groups in total. The summed E-state index contributed by atoms with van der Waals surface area (Å²) in [4.78, 5) is 31.8. The number of carbonyl (C=O) groups excluding carboxylic acids is 1. The van der Waals surface area contributed by atoms with E-state index in [2.05, 4.69) is 4.90 Å². The topological polar surface area (TPSA) is 53.8 Å². The van der Waals surface area contributed by atoms with Gasteiger partial charge in [-0.25, -0.2) is 0 Å². The van der Waals surface area contributed by atoms with Gasteiger partial charge in [-0.2, -0.15) is 0 Å². The molecule has 156 valence electrons. The smallest absolute Gasteiger partial charge is 0.290 e. The van der Waals surface area contributed by atoms with Gasteiger partial charge in [-0.3, -0.25) is 9.59 Å². The molecular weight excluding hydrogens is 396 g/mol. The van der Waals surface area contributed by atoms with Gasteiger partial charge in [-0.1, -0.05) is 23.8 Å². The molecular formula is C24H26N2O3S. The lowest BCUT2D eigenvalue weighted by atomic mass is 9.98. The van der Waals surface area contributed by atoms with E-state index in [1.807, 2.05) is 63.7 Å². The van der Waals surface area contributed by atoms with Crippen LogP contribution in [0.4, 0.5) is 0 Å². The molecule has 0 aliphatic carbocycles. The zero-order valence-corrected chi connectivity index (χ0v) is 18.6. The van der Waals surface area contributed by atoms with Crippen molar-refractivity contribution < 1.29 is 9.21 Å². The maximum absolute atomic E-state index is 13.5. The molecule has 1 unspecified atom stereocenters. The standard InChI is InChI=1S/C24H26N2O3S/c1-15-6-11-19-18(14-15)22(27)20-21(16-7-9-17(30-4)10-8-16)26(13-5-12-25(2)3)24(28)23(20)29-19/h6-11,14,21H,5,12-13H2,1-4H3. The third-order valence-electron chi connectivity index (χ3n) is 5.56. The van der Waals surface area contributed by atoms with Gasteiger partial charge in [0.25, 0.3) is 5.91 Å². The molecule has 6 heteroatoms. The maximum Gasteiger partial charge on any atom is 0.290 e. The molecule has 0 spiro atoms. The second-order valence-electron chi connectivity index (χ2n) is 8.00. The number of hydrogen-bond donors (Lipinski definition) is 0. The molecule has 2 aromatic carbocycles. The van der Waals surface area contributed by atoms with Crippen molar-refractivity contribution >= 4 is 28.6 Å². The molecule has 1 aliphatic heterocycles. The number of benzene rings is 2. The van der Waals surface area contributed by atoms with Crippen molar-refractivity contribution in [2.75, 3.05) is 33.4 Å². The Balaban J connectivity index is 1.86. The second kappa shape index (κ2) is 8.28. The lowest BCUT2D eigenvalue weighted by molar-refractivity contribution is 0.0722. The van der Waals surface area contributed by atoms with Crippen LogP contribution in [0.3, 0.4) is 0 Å². The number of hydrogen-bond acceptors (Lipinski definition) is 5. The van der Waals surface area contributed by atoms with Gasteiger partial charge in [-0.05, 0) is 70.1 Å². The van der Waals surface area contributed by atoms with Crippen molar-refractivity contribution in [3.63, 3.8) is 0 Å². The minimum atomic E-state index is -0.424. The summed E-state index contributed by atoms with van der Waals surface area (Å²) in [6.07, 6.45) is 2.85. The molecule has 3 aromatic rings. The van der Waals surface area contributed by atoms with Crippen LogP contribution >= 0.6 is 11.8 Å². The quantitative estimate of drug-likeness (QED) is 0.554. The van der Waals surface area contributed by atoms with Gasteiger partial charge in [0, 0.05) is 11.4 Å². The molecule has 0 saturated heterocycles. The Labute approximate surface area is 180 Å². The monoisotopic (exact) mass is 422 g/mol. The lowest BCUT2D eigenvalue weighted by Crippen LogP contribution is -2.32. The number of fused-ring (bicyclic) bond motifs is 2. The molecule has 2 heterocycles. The first-order chi connectivity index (χ1) is 14.4. The zero-order valence-electron chi connectivity index (χ0n) is 17.8. The summed E-state index contributed by atoms with van der Waals surface area (Å²) < 4.78 is 6.00. The van der Waals surface area contributed by atoms with Gasteiger partial charge in [0.2, 0.25) is 5.76 Å². The fraction of sp³-hybridized carbons (Fsp3) is 0.333. The first-order valence-corrected chi connectivity index (χ1v) is 11.3. The summed E-state index contributed by atoms with van der Waals surface area (Å²) in [5, 5.41) is 0.530. The Hall–Kier alpha value is -2.57. The molecule has 1 aliphatic rings. The van der Waals surface area contributed by atoms with Crippen molar-refractivity contribution in [3.8, 4) is 0 Å². The first kappa shape index (κ1) is 20.7. The number of amides is 1. The van der Waals surface area contributed by atoms with Gasteiger partial charge < -0.3 is 14.2 Å². The number of thioether (sulfide) groups is 1. The molecule has 0 saturated carbocycles. The van der Waals surface area contributed by atoms with Crippen LogP contribution < -0.4 is 5.43 Å². The fourth-order valence-electron chi connectivity index (χ4n) is 4.05. The van der Waals surface area contributed by atoms with Crippen LogP contribution in [-0.2, 0) is 0 Å².